The van der Waals surface area contributed by atoms with Gasteiger partial charge in [0.05, 0.1) is 5.71 Å². The van der Waals surface area contributed by atoms with Gasteiger partial charge in [-0.05, 0) is 29.8 Å². The number of rotatable bonds is 3. The normalized spacial score (nSPS) is 16.8. The second-order valence-corrected chi connectivity index (χ2v) is 5.08. The van der Waals surface area contributed by atoms with Gasteiger partial charge in [0.1, 0.15) is 5.82 Å². The molecule has 1 unspecified atom stereocenters. The fourth-order valence-electron chi connectivity index (χ4n) is 2.32. The third-order valence-corrected chi connectivity index (χ3v) is 3.60. The molecule has 1 atom stereocenters. The van der Waals surface area contributed by atoms with Gasteiger partial charge in [-0.15, -0.1) is 0 Å². The molecule has 0 aromatic heterocycles. The molecule has 1 aliphatic rings. The smallest absolute Gasteiger partial charge is 0.271 e. The number of hydrogen-bond donors (Lipinski definition) is 0. The standard InChI is InChI=1S/C17H15FN2O2/c1-20(14-5-3-2-4-6-14)17(21)16-11-15(19-22-16)12-7-9-13(18)10-8-12/h2-10,16H,11H2,1H3. The highest BCUT2D eigenvalue weighted by molar-refractivity contribution is 6.06. The number of carbonyl (C=O) groups is 1. The van der Waals surface area contributed by atoms with Crippen LogP contribution < -0.4 is 4.90 Å². The first-order chi connectivity index (χ1) is 10.6. The summed E-state index contributed by atoms with van der Waals surface area (Å²) in [6.07, 6.45) is -0.271. The molecule has 4 nitrogen and oxygen atoms in total. The number of anilines is 1. The summed E-state index contributed by atoms with van der Waals surface area (Å²) in [5.41, 5.74) is 2.21. The lowest BCUT2D eigenvalue weighted by Gasteiger charge is -2.19. The van der Waals surface area contributed by atoms with E-state index in [-0.39, 0.29) is 11.7 Å². The largest absolute Gasteiger partial charge is 0.382 e. The molecule has 2 aromatic carbocycles. The molecular formula is C17H15FN2O2. The molecule has 1 heterocycles. The van der Waals surface area contributed by atoms with Crippen LogP contribution in [0.1, 0.15) is 12.0 Å². The van der Waals surface area contributed by atoms with Gasteiger partial charge in [-0.1, -0.05) is 35.5 Å². The van der Waals surface area contributed by atoms with E-state index in [1.54, 1.807) is 24.1 Å². The number of carbonyl (C=O) groups excluding carboxylic acids is 1. The van der Waals surface area contributed by atoms with E-state index in [2.05, 4.69) is 5.16 Å². The van der Waals surface area contributed by atoms with Gasteiger partial charge < -0.3 is 9.74 Å². The molecule has 0 saturated heterocycles. The quantitative estimate of drug-likeness (QED) is 0.874. The Kier molecular flexibility index (Phi) is 3.87. The van der Waals surface area contributed by atoms with Crippen LogP contribution >= 0.6 is 0 Å². The number of halogens is 1. The Morgan fingerprint density at radius 2 is 1.86 bits per heavy atom. The number of oxime groups is 1. The van der Waals surface area contributed by atoms with Crippen molar-refractivity contribution in [3.8, 4) is 0 Å². The molecule has 0 fully saturated rings. The van der Waals surface area contributed by atoms with Crippen LogP contribution in [-0.4, -0.2) is 24.8 Å². The Labute approximate surface area is 127 Å². The minimum Gasteiger partial charge on any atom is -0.382 e. The lowest BCUT2D eigenvalue weighted by molar-refractivity contribution is -0.128. The first-order valence-electron chi connectivity index (χ1n) is 6.96. The molecule has 0 spiro atoms. The van der Waals surface area contributed by atoms with E-state index in [1.807, 2.05) is 30.3 Å². The Morgan fingerprint density at radius 3 is 2.55 bits per heavy atom. The lowest BCUT2D eigenvalue weighted by Crippen LogP contribution is -2.36. The van der Waals surface area contributed by atoms with Crippen molar-refractivity contribution in [3.63, 3.8) is 0 Å². The third-order valence-electron chi connectivity index (χ3n) is 3.60. The maximum Gasteiger partial charge on any atom is 0.271 e. The number of para-hydroxylation sites is 1. The monoisotopic (exact) mass is 298 g/mol. The van der Waals surface area contributed by atoms with Gasteiger partial charge in [0, 0.05) is 19.2 Å². The Bertz CT molecular complexity index is 698. The summed E-state index contributed by atoms with van der Waals surface area (Å²) in [4.78, 5) is 19.3. The van der Waals surface area contributed by atoms with Crippen LogP contribution in [0.25, 0.3) is 0 Å². The van der Waals surface area contributed by atoms with Crippen LogP contribution in [0.15, 0.2) is 59.8 Å². The molecule has 3 rings (SSSR count). The minimum atomic E-state index is -0.648. The third kappa shape index (κ3) is 2.83. The molecule has 112 valence electrons. The van der Waals surface area contributed by atoms with Gasteiger partial charge in [-0.3, -0.25) is 4.79 Å². The molecule has 0 N–H and O–H groups in total. The van der Waals surface area contributed by atoms with Crippen molar-refractivity contribution in [1.29, 1.82) is 0 Å². The van der Waals surface area contributed by atoms with Gasteiger partial charge in [0.15, 0.2) is 0 Å². The molecule has 0 bridgehead atoms. The summed E-state index contributed by atoms with van der Waals surface area (Å²) in [7, 11) is 1.71. The minimum absolute atomic E-state index is 0.160. The predicted molar refractivity (Wildman–Crippen MR) is 82.3 cm³/mol. The summed E-state index contributed by atoms with van der Waals surface area (Å²) in [6, 6.07) is 15.3. The molecule has 0 radical (unpaired) electrons. The van der Waals surface area contributed by atoms with Crippen molar-refractivity contribution in [2.75, 3.05) is 11.9 Å². The number of likely N-dealkylation sites (N-methyl/N-ethyl adjacent to an activating group) is 1. The van der Waals surface area contributed by atoms with Crippen molar-refractivity contribution in [1.82, 2.24) is 0 Å². The molecule has 1 amide bonds. The van der Waals surface area contributed by atoms with E-state index in [4.69, 9.17) is 4.84 Å². The van der Waals surface area contributed by atoms with Crippen LogP contribution in [0.4, 0.5) is 10.1 Å². The van der Waals surface area contributed by atoms with Gasteiger partial charge in [0.25, 0.3) is 5.91 Å². The summed E-state index contributed by atoms with van der Waals surface area (Å²) in [5.74, 6) is -0.466. The van der Waals surface area contributed by atoms with Gasteiger partial charge in [0.2, 0.25) is 6.10 Å². The molecule has 5 heteroatoms. The van der Waals surface area contributed by atoms with E-state index in [9.17, 15) is 9.18 Å². The predicted octanol–water partition coefficient (Wildman–Crippen LogP) is 2.98. The van der Waals surface area contributed by atoms with Gasteiger partial charge in [-0.2, -0.15) is 0 Å². The summed E-state index contributed by atoms with van der Waals surface area (Å²) < 4.78 is 12.9. The first kappa shape index (κ1) is 14.3. The highest BCUT2D eigenvalue weighted by Crippen LogP contribution is 2.21. The topological polar surface area (TPSA) is 41.9 Å². The maximum absolute atomic E-state index is 12.9. The zero-order chi connectivity index (χ0) is 15.5. The van der Waals surface area contributed by atoms with Crippen LogP contribution in [-0.2, 0) is 9.63 Å². The van der Waals surface area contributed by atoms with E-state index in [1.165, 1.54) is 12.1 Å². The zero-order valence-corrected chi connectivity index (χ0v) is 12.1. The highest BCUT2D eigenvalue weighted by Gasteiger charge is 2.31. The Morgan fingerprint density at radius 1 is 1.18 bits per heavy atom. The average Bonchev–Trinajstić information content (AvgIpc) is 3.05. The number of amides is 1. The first-order valence-corrected chi connectivity index (χ1v) is 6.96. The molecule has 22 heavy (non-hydrogen) atoms. The SMILES string of the molecule is CN(C(=O)C1CC(c2ccc(F)cc2)=NO1)c1ccccc1. The van der Waals surface area contributed by atoms with E-state index in [0.717, 1.165) is 11.3 Å². The average molecular weight is 298 g/mol. The Balaban J connectivity index is 1.69. The van der Waals surface area contributed by atoms with Crippen molar-refractivity contribution >= 4 is 17.3 Å². The molecular weight excluding hydrogens is 283 g/mol. The summed E-state index contributed by atoms with van der Waals surface area (Å²) in [6.45, 7) is 0. The summed E-state index contributed by atoms with van der Waals surface area (Å²) >= 11 is 0. The number of hydrogen-bond acceptors (Lipinski definition) is 3. The van der Waals surface area contributed by atoms with Gasteiger partial charge >= 0.3 is 0 Å². The zero-order valence-electron chi connectivity index (χ0n) is 12.1. The van der Waals surface area contributed by atoms with Crippen LogP contribution in [0.5, 0.6) is 0 Å². The number of nitrogens with zero attached hydrogens (tertiary/aromatic N) is 2. The van der Waals surface area contributed by atoms with Crippen molar-refractivity contribution in [2.24, 2.45) is 5.16 Å². The summed E-state index contributed by atoms with van der Waals surface area (Å²) in [5, 5.41) is 3.96. The molecule has 2 aromatic rings. The number of benzene rings is 2. The molecule has 0 saturated carbocycles. The van der Waals surface area contributed by atoms with Crippen LogP contribution in [0.3, 0.4) is 0 Å². The van der Waals surface area contributed by atoms with Crippen molar-refractivity contribution in [2.45, 2.75) is 12.5 Å². The van der Waals surface area contributed by atoms with Gasteiger partial charge in [-0.25, -0.2) is 4.39 Å². The fraction of sp³-hybridized carbons (Fsp3) is 0.176. The van der Waals surface area contributed by atoms with Crippen LogP contribution in [0.2, 0.25) is 0 Å². The lowest BCUT2D eigenvalue weighted by atomic mass is 10.0. The maximum atomic E-state index is 12.9. The van der Waals surface area contributed by atoms with Crippen LogP contribution in [0, 0.1) is 5.82 Å². The van der Waals surface area contributed by atoms with E-state index < -0.39 is 6.10 Å². The van der Waals surface area contributed by atoms with Crippen molar-refractivity contribution in [3.05, 3.63) is 66.0 Å². The van der Waals surface area contributed by atoms with E-state index >= 15 is 0 Å². The highest BCUT2D eigenvalue weighted by atomic mass is 19.1. The Hall–Kier alpha value is -2.69. The van der Waals surface area contributed by atoms with Crippen molar-refractivity contribution < 1.29 is 14.0 Å². The fourth-order valence-corrected chi connectivity index (χ4v) is 2.32. The second kappa shape index (κ2) is 5.97. The van der Waals surface area contributed by atoms with E-state index in [0.29, 0.717) is 12.1 Å². The second-order valence-electron chi connectivity index (χ2n) is 5.08. The molecule has 0 aliphatic carbocycles. The molecule has 1 aliphatic heterocycles.